The third kappa shape index (κ3) is 3.48. The van der Waals surface area contributed by atoms with Crippen molar-refractivity contribution in [3.8, 4) is 0 Å². The zero-order chi connectivity index (χ0) is 29.6. The summed E-state index contributed by atoms with van der Waals surface area (Å²) < 4.78 is 0. The topological polar surface area (TPSA) is 258 Å². The molecule has 6 N–H and O–H groups in total. The molecule has 0 aromatic heterocycles. The van der Waals surface area contributed by atoms with E-state index in [2.05, 4.69) is 0 Å². The molecular weight excluding hydrogens is 488 g/mol. The van der Waals surface area contributed by atoms with E-state index in [1.807, 2.05) is 0 Å². The van der Waals surface area contributed by atoms with Crippen molar-refractivity contribution in [2.75, 3.05) is 0 Å². The summed E-state index contributed by atoms with van der Waals surface area (Å²) in [4.78, 5) is 101. The van der Waals surface area contributed by atoms with Gasteiger partial charge in [-0.05, 0) is 55.4 Å². The fourth-order valence-corrected chi connectivity index (χ4v) is 4.60. The highest BCUT2D eigenvalue weighted by Gasteiger charge is 2.86. The zero-order valence-electron chi connectivity index (χ0n) is 20.9. The molecule has 0 heterocycles. The van der Waals surface area contributed by atoms with Crippen LogP contribution < -0.4 is 0 Å². The third-order valence-corrected chi connectivity index (χ3v) is 6.69. The van der Waals surface area contributed by atoms with Crippen LogP contribution in [-0.2, 0) is 38.4 Å². The average molecular weight is 518 g/mol. The number of ketones is 8. The monoisotopic (exact) mass is 518 g/mol. The summed E-state index contributed by atoms with van der Waals surface area (Å²) >= 11 is 0. The number of Topliss-reactive ketones (excluding diaryl/α,β-unsaturated/α-hetero) is 8. The standard InChI is InChI=1S/C22H30O14/c1-9(23)17(31,10(2)24)19(33,13(5)27)21(35,15(7)29)22(36,16(8)30)20(34,14(6)28)18(32,11(3)25)12(4)26/h31-36H,1-8H3/t19-,20-,21-,22-/m1/s1. The molecule has 0 saturated carbocycles. The second kappa shape index (κ2) is 9.53. The first kappa shape index (κ1) is 33.1. The third-order valence-electron chi connectivity index (χ3n) is 6.69. The summed E-state index contributed by atoms with van der Waals surface area (Å²) in [7, 11) is 0. The molecule has 14 heteroatoms. The zero-order valence-corrected chi connectivity index (χ0v) is 20.9. The SMILES string of the molecule is CC(=O)C(O)(C(C)=O)[C@](O)(C(C)=O)[C@](O)(C(C)=O)[C@@](O)(C(C)=O)[C@@](O)(C(C)=O)C(O)(C(C)=O)C(C)=O. The summed E-state index contributed by atoms with van der Waals surface area (Å²) in [6.07, 6.45) is 0. The number of rotatable bonds is 13. The van der Waals surface area contributed by atoms with Crippen LogP contribution in [0.25, 0.3) is 0 Å². The fourth-order valence-electron chi connectivity index (χ4n) is 4.60. The molecule has 0 fully saturated rings. The molecule has 0 rings (SSSR count). The van der Waals surface area contributed by atoms with Crippen LogP contribution in [0.3, 0.4) is 0 Å². The molecule has 36 heavy (non-hydrogen) atoms. The first-order valence-electron chi connectivity index (χ1n) is 10.2. The molecule has 0 saturated heterocycles. The van der Waals surface area contributed by atoms with Crippen molar-refractivity contribution in [3.05, 3.63) is 0 Å². The molecule has 0 aliphatic carbocycles. The van der Waals surface area contributed by atoms with E-state index >= 15 is 0 Å². The molecule has 0 aliphatic rings. The Balaban J connectivity index is 8.79. The predicted molar refractivity (Wildman–Crippen MR) is 115 cm³/mol. The van der Waals surface area contributed by atoms with Gasteiger partial charge < -0.3 is 30.6 Å². The Kier molecular flexibility index (Phi) is 8.77. The van der Waals surface area contributed by atoms with E-state index in [1.54, 1.807) is 0 Å². The minimum absolute atomic E-state index is 0.240. The van der Waals surface area contributed by atoms with Gasteiger partial charge in [0.2, 0.25) is 33.6 Å². The minimum atomic E-state index is -4.76. The van der Waals surface area contributed by atoms with Crippen LogP contribution >= 0.6 is 0 Å². The maximum Gasteiger partial charge on any atom is 0.220 e. The van der Waals surface area contributed by atoms with Crippen molar-refractivity contribution in [2.45, 2.75) is 89.0 Å². The highest BCUT2D eigenvalue weighted by Crippen LogP contribution is 2.51. The molecule has 0 unspecified atom stereocenters. The molecule has 0 aromatic rings. The minimum Gasteiger partial charge on any atom is -0.376 e. The van der Waals surface area contributed by atoms with Crippen molar-refractivity contribution in [2.24, 2.45) is 0 Å². The fraction of sp³-hybridized carbons (Fsp3) is 0.636. The van der Waals surface area contributed by atoms with Gasteiger partial charge in [0.15, 0.2) is 46.3 Å². The predicted octanol–water partition coefficient (Wildman–Crippen LogP) is -3.91. The lowest BCUT2D eigenvalue weighted by Crippen LogP contribution is -2.92. The Morgan fingerprint density at radius 3 is 0.528 bits per heavy atom. The van der Waals surface area contributed by atoms with E-state index in [0.29, 0.717) is 41.5 Å². The van der Waals surface area contributed by atoms with Gasteiger partial charge in [-0.3, -0.25) is 38.4 Å². The molecular formula is C22H30O14. The molecule has 0 bridgehead atoms. The van der Waals surface area contributed by atoms with Crippen LogP contribution in [0.4, 0.5) is 0 Å². The van der Waals surface area contributed by atoms with E-state index in [9.17, 15) is 69.0 Å². The maximum absolute atomic E-state index is 12.9. The van der Waals surface area contributed by atoms with Crippen LogP contribution in [-0.4, -0.2) is 111 Å². The number of aliphatic hydroxyl groups is 6. The number of carbonyl (C=O) groups excluding carboxylic acids is 8. The van der Waals surface area contributed by atoms with E-state index < -0.39 is 79.9 Å². The molecule has 14 nitrogen and oxygen atoms in total. The lowest BCUT2D eigenvalue weighted by atomic mass is 9.50. The van der Waals surface area contributed by atoms with Gasteiger partial charge in [-0.25, -0.2) is 0 Å². The van der Waals surface area contributed by atoms with Crippen LogP contribution in [0.1, 0.15) is 55.4 Å². The highest BCUT2D eigenvalue weighted by atomic mass is 16.5. The molecule has 4 atom stereocenters. The molecule has 0 aliphatic heterocycles. The molecule has 202 valence electrons. The Labute approximate surface area is 204 Å². The molecule has 0 radical (unpaired) electrons. The smallest absolute Gasteiger partial charge is 0.220 e. The van der Waals surface area contributed by atoms with Gasteiger partial charge in [0, 0.05) is 0 Å². The van der Waals surface area contributed by atoms with Crippen molar-refractivity contribution in [1.29, 1.82) is 0 Å². The van der Waals surface area contributed by atoms with E-state index in [-0.39, 0.29) is 13.8 Å². The van der Waals surface area contributed by atoms with E-state index in [4.69, 9.17) is 0 Å². The Bertz CT molecular complexity index is 961. The Hall–Kier alpha value is -2.88. The van der Waals surface area contributed by atoms with Crippen LogP contribution in [0.15, 0.2) is 0 Å². The number of hydrogen-bond acceptors (Lipinski definition) is 14. The van der Waals surface area contributed by atoms with Crippen LogP contribution in [0.5, 0.6) is 0 Å². The van der Waals surface area contributed by atoms with Crippen LogP contribution in [0, 0.1) is 0 Å². The van der Waals surface area contributed by atoms with Gasteiger partial charge in [0.25, 0.3) is 0 Å². The largest absolute Gasteiger partial charge is 0.376 e. The van der Waals surface area contributed by atoms with Gasteiger partial charge in [-0.15, -0.1) is 0 Å². The summed E-state index contributed by atoms with van der Waals surface area (Å²) in [5.74, 6) is -15.6. The normalized spacial score (nSPS) is 18.9. The summed E-state index contributed by atoms with van der Waals surface area (Å²) in [5.41, 5.74) is -26.9. The van der Waals surface area contributed by atoms with Gasteiger partial charge in [0.05, 0.1) is 0 Å². The highest BCUT2D eigenvalue weighted by molar-refractivity contribution is 6.21. The second-order valence-corrected chi connectivity index (χ2v) is 8.71. The first-order valence-corrected chi connectivity index (χ1v) is 10.2. The summed E-state index contributed by atoms with van der Waals surface area (Å²) in [6.45, 7) is 2.68. The number of hydrogen-bond donors (Lipinski definition) is 6. The summed E-state index contributed by atoms with van der Waals surface area (Å²) in [6, 6.07) is 0. The molecule has 0 amide bonds. The van der Waals surface area contributed by atoms with Crippen molar-refractivity contribution < 1.29 is 69.0 Å². The molecule has 0 spiro atoms. The lowest BCUT2D eigenvalue weighted by Gasteiger charge is -2.58. The first-order chi connectivity index (χ1) is 15.8. The second-order valence-electron chi connectivity index (χ2n) is 8.71. The summed E-state index contributed by atoms with van der Waals surface area (Å²) in [5, 5.41) is 67.9. The van der Waals surface area contributed by atoms with Crippen LogP contribution in [0.2, 0.25) is 0 Å². The average Bonchev–Trinajstić information content (AvgIpc) is 2.73. The Morgan fingerprint density at radius 1 is 0.306 bits per heavy atom. The van der Waals surface area contributed by atoms with E-state index in [1.165, 1.54) is 0 Å². The van der Waals surface area contributed by atoms with Crippen molar-refractivity contribution >= 4 is 46.3 Å². The van der Waals surface area contributed by atoms with Crippen molar-refractivity contribution in [1.82, 2.24) is 0 Å². The Morgan fingerprint density at radius 2 is 0.444 bits per heavy atom. The van der Waals surface area contributed by atoms with Gasteiger partial charge in [-0.2, -0.15) is 0 Å². The van der Waals surface area contributed by atoms with Crippen molar-refractivity contribution in [3.63, 3.8) is 0 Å². The van der Waals surface area contributed by atoms with Gasteiger partial charge in [-0.1, -0.05) is 0 Å². The maximum atomic E-state index is 12.9. The van der Waals surface area contributed by atoms with Gasteiger partial charge in [0.1, 0.15) is 0 Å². The molecule has 0 aromatic carbocycles. The lowest BCUT2D eigenvalue weighted by molar-refractivity contribution is -0.301. The van der Waals surface area contributed by atoms with E-state index in [0.717, 1.165) is 0 Å². The quantitative estimate of drug-likeness (QED) is 0.127. The van der Waals surface area contributed by atoms with Gasteiger partial charge >= 0.3 is 0 Å². The number of carbonyl (C=O) groups is 8.